The zero-order valence-electron chi connectivity index (χ0n) is 23.3. The van der Waals surface area contributed by atoms with Crippen LogP contribution in [0.15, 0.2) is 121 Å². The molecule has 0 saturated carbocycles. The molecular weight excluding hydrogens is 516 g/mol. The quantitative estimate of drug-likeness (QED) is 0.213. The molecular formula is C38H26N2O2. The summed E-state index contributed by atoms with van der Waals surface area (Å²) in [6.07, 6.45) is 0. The summed E-state index contributed by atoms with van der Waals surface area (Å²) in [6, 6.07) is 39.6. The van der Waals surface area contributed by atoms with E-state index in [1.54, 1.807) is 14.2 Å². The van der Waals surface area contributed by atoms with Crippen molar-refractivity contribution in [3.8, 4) is 57.7 Å². The van der Waals surface area contributed by atoms with Crippen LogP contribution < -0.4 is 9.47 Å². The molecule has 0 amide bonds. The molecule has 0 aliphatic rings. The van der Waals surface area contributed by atoms with Crippen LogP contribution in [-0.4, -0.2) is 24.2 Å². The van der Waals surface area contributed by atoms with Gasteiger partial charge in [-0.3, -0.25) is 0 Å². The Balaban J connectivity index is 1.57. The summed E-state index contributed by atoms with van der Waals surface area (Å²) in [4.78, 5) is 10.5. The predicted molar refractivity (Wildman–Crippen MR) is 168 cm³/mol. The van der Waals surface area contributed by atoms with Crippen molar-refractivity contribution in [1.82, 2.24) is 9.97 Å². The first-order chi connectivity index (χ1) is 20.7. The summed E-state index contributed by atoms with van der Waals surface area (Å²) in [7, 11) is 3.30. The topological polar surface area (TPSA) is 44.2 Å². The van der Waals surface area contributed by atoms with E-state index in [-0.39, 0.29) is 0 Å². The number of nitrogens with zero attached hydrogens (tertiary/aromatic N) is 2. The van der Waals surface area contributed by atoms with Crippen molar-refractivity contribution in [2.75, 3.05) is 14.2 Å². The summed E-state index contributed by atoms with van der Waals surface area (Å²) in [5.41, 5.74) is 8.27. The van der Waals surface area contributed by atoms with Gasteiger partial charge in [-0.25, -0.2) is 9.97 Å². The van der Waals surface area contributed by atoms with Crippen molar-refractivity contribution in [1.29, 1.82) is 0 Å². The molecule has 4 nitrogen and oxygen atoms in total. The second-order valence-electron chi connectivity index (χ2n) is 9.47. The number of fused-ring (bicyclic) bond motifs is 1. The molecule has 1 heterocycles. The number of aromatic nitrogens is 2. The molecule has 42 heavy (non-hydrogen) atoms. The molecule has 0 aliphatic carbocycles. The Bertz CT molecular complexity index is 1830. The fraction of sp³-hybridized carbons (Fsp3) is 0.0526. The Labute approximate surface area is 245 Å². The average Bonchev–Trinajstić information content (AvgIpc) is 3.07. The van der Waals surface area contributed by atoms with Gasteiger partial charge in [-0.2, -0.15) is 0 Å². The molecule has 5 aromatic carbocycles. The molecule has 0 spiro atoms. The van der Waals surface area contributed by atoms with E-state index in [4.69, 9.17) is 19.4 Å². The van der Waals surface area contributed by atoms with Crippen LogP contribution >= 0.6 is 0 Å². The van der Waals surface area contributed by atoms with Crippen molar-refractivity contribution in [2.24, 2.45) is 0 Å². The van der Waals surface area contributed by atoms with Crippen molar-refractivity contribution in [3.63, 3.8) is 0 Å². The lowest BCUT2D eigenvalue weighted by molar-refractivity contribution is 0.414. The molecule has 0 bridgehead atoms. The first kappa shape index (κ1) is 26.4. The maximum Gasteiger partial charge on any atom is 0.118 e. The SMILES string of the molecule is COc1ccc(C#Cc2ccc(C#Cc3ccc(OC)cc3)c3nc(-c4ccccc4)c(-c4ccccc4)nc23)cc1. The minimum absolute atomic E-state index is 0.705. The van der Waals surface area contributed by atoms with Crippen LogP contribution in [0.1, 0.15) is 22.3 Å². The molecule has 0 N–H and O–H groups in total. The van der Waals surface area contributed by atoms with Gasteiger partial charge >= 0.3 is 0 Å². The van der Waals surface area contributed by atoms with Crippen LogP contribution in [0.2, 0.25) is 0 Å². The Morgan fingerprint density at radius 3 is 1.17 bits per heavy atom. The number of benzene rings is 5. The summed E-state index contributed by atoms with van der Waals surface area (Å²) in [6.45, 7) is 0. The Morgan fingerprint density at radius 2 is 0.810 bits per heavy atom. The van der Waals surface area contributed by atoms with E-state index in [1.165, 1.54) is 0 Å². The van der Waals surface area contributed by atoms with Gasteiger partial charge in [0.15, 0.2) is 0 Å². The third kappa shape index (κ3) is 5.70. The van der Waals surface area contributed by atoms with Gasteiger partial charge in [0.1, 0.15) is 22.5 Å². The summed E-state index contributed by atoms with van der Waals surface area (Å²) in [5.74, 6) is 14.8. The molecule has 0 saturated heterocycles. The standard InChI is InChI=1S/C38H26N2O2/c1-41-33-23-15-27(16-24-33)13-19-31-21-22-32(20-14-28-17-25-34(42-2)26-18-28)38-37(31)39-35(29-9-5-3-6-10-29)36(40-38)30-11-7-4-8-12-30/h3-12,15-18,21-26H,1-2H3. The monoisotopic (exact) mass is 542 g/mol. The molecule has 0 radical (unpaired) electrons. The van der Waals surface area contributed by atoms with Gasteiger partial charge in [-0.05, 0) is 60.7 Å². The predicted octanol–water partition coefficient (Wildman–Crippen LogP) is 7.78. The number of methoxy groups -OCH3 is 2. The highest BCUT2D eigenvalue weighted by Crippen LogP contribution is 2.32. The van der Waals surface area contributed by atoms with Gasteiger partial charge in [-0.1, -0.05) is 84.3 Å². The molecule has 1 aromatic heterocycles. The van der Waals surface area contributed by atoms with Crippen molar-refractivity contribution < 1.29 is 9.47 Å². The number of rotatable bonds is 4. The smallest absolute Gasteiger partial charge is 0.118 e. The summed E-state index contributed by atoms with van der Waals surface area (Å²) >= 11 is 0. The van der Waals surface area contributed by atoms with Crippen molar-refractivity contribution >= 4 is 11.0 Å². The lowest BCUT2D eigenvalue weighted by Gasteiger charge is -2.12. The van der Waals surface area contributed by atoms with Crippen LogP contribution in [0, 0.1) is 23.7 Å². The first-order valence-electron chi connectivity index (χ1n) is 13.5. The second kappa shape index (κ2) is 12.1. The molecule has 0 fully saturated rings. The Hall–Kier alpha value is -5.84. The first-order valence-corrected chi connectivity index (χ1v) is 13.5. The zero-order chi connectivity index (χ0) is 28.7. The minimum Gasteiger partial charge on any atom is -0.497 e. The largest absolute Gasteiger partial charge is 0.497 e. The van der Waals surface area contributed by atoms with Gasteiger partial charge in [0.05, 0.1) is 36.7 Å². The van der Waals surface area contributed by atoms with Crippen LogP contribution in [0.25, 0.3) is 33.5 Å². The van der Waals surface area contributed by atoms with Gasteiger partial charge in [0, 0.05) is 22.3 Å². The molecule has 6 rings (SSSR count). The van der Waals surface area contributed by atoms with Crippen LogP contribution in [0.3, 0.4) is 0 Å². The van der Waals surface area contributed by atoms with E-state index in [9.17, 15) is 0 Å². The summed E-state index contributed by atoms with van der Waals surface area (Å²) < 4.78 is 10.6. The Morgan fingerprint density at radius 1 is 0.429 bits per heavy atom. The van der Waals surface area contributed by atoms with Gasteiger partial charge < -0.3 is 9.47 Å². The van der Waals surface area contributed by atoms with E-state index in [1.807, 2.05) is 97.1 Å². The Kier molecular flexibility index (Phi) is 7.62. The van der Waals surface area contributed by atoms with E-state index >= 15 is 0 Å². The molecule has 0 unspecified atom stereocenters. The molecule has 4 heteroatoms. The average molecular weight is 543 g/mol. The zero-order valence-corrected chi connectivity index (χ0v) is 23.3. The normalized spacial score (nSPS) is 10.2. The van der Waals surface area contributed by atoms with Crippen LogP contribution in [-0.2, 0) is 0 Å². The molecule has 200 valence electrons. The van der Waals surface area contributed by atoms with Crippen molar-refractivity contribution in [3.05, 3.63) is 144 Å². The lowest BCUT2D eigenvalue weighted by Crippen LogP contribution is -1.99. The molecule has 0 aliphatic heterocycles. The van der Waals surface area contributed by atoms with Crippen molar-refractivity contribution in [2.45, 2.75) is 0 Å². The maximum absolute atomic E-state index is 5.29. The molecule has 6 aromatic rings. The van der Waals surface area contributed by atoms with Gasteiger partial charge in [-0.15, -0.1) is 0 Å². The third-order valence-corrected chi connectivity index (χ3v) is 6.78. The highest BCUT2D eigenvalue weighted by Gasteiger charge is 2.16. The van der Waals surface area contributed by atoms with Crippen LogP contribution in [0.4, 0.5) is 0 Å². The second-order valence-corrected chi connectivity index (χ2v) is 9.47. The van der Waals surface area contributed by atoms with E-state index < -0.39 is 0 Å². The fourth-order valence-corrected chi connectivity index (χ4v) is 4.56. The van der Waals surface area contributed by atoms with Crippen LogP contribution in [0.5, 0.6) is 11.5 Å². The third-order valence-electron chi connectivity index (χ3n) is 6.78. The van der Waals surface area contributed by atoms with Gasteiger partial charge in [0.25, 0.3) is 0 Å². The number of ether oxygens (including phenoxy) is 2. The summed E-state index contributed by atoms with van der Waals surface area (Å²) in [5, 5.41) is 0. The number of hydrogen-bond donors (Lipinski definition) is 0. The van der Waals surface area contributed by atoms with E-state index in [0.29, 0.717) is 11.0 Å². The minimum atomic E-state index is 0.705. The number of hydrogen-bond acceptors (Lipinski definition) is 4. The maximum atomic E-state index is 5.29. The highest BCUT2D eigenvalue weighted by atomic mass is 16.5. The fourth-order valence-electron chi connectivity index (χ4n) is 4.56. The highest BCUT2D eigenvalue weighted by molar-refractivity contribution is 5.92. The molecule has 0 atom stereocenters. The van der Waals surface area contributed by atoms with E-state index in [0.717, 1.165) is 56.3 Å². The van der Waals surface area contributed by atoms with E-state index in [2.05, 4.69) is 47.9 Å². The lowest BCUT2D eigenvalue weighted by atomic mass is 10.0. The van der Waals surface area contributed by atoms with Gasteiger partial charge in [0.2, 0.25) is 0 Å².